The van der Waals surface area contributed by atoms with E-state index in [9.17, 15) is 27.9 Å². The van der Waals surface area contributed by atoms with E-state index in [1.54, 1.807) is 18.2 Å². The van der Waals surface area contributed by atoms with Gasteiger partial charge in [-0.15, -0.1) is 0 Å². The van der Waals surface area contributed by atoms with Crippen molar-refractivity contribution in [3.63, 3.8) is 0 Å². The van der Waals surface area contributed by atoms with Crippen LogP contribution in [0.1, 0.15) is 16.9 Å². The number of phenols is 1. The lowest BCUT2D eigenvalue weighted by Crippen LogP contribution is -2.91. The largest absolute Gasteiger partial charge is 0.507 e. The first-order chi connectivity index (χ1) is 17.7. The second-order valence-electron chi connectivity index (χ2n) is 8.20. The number of quaternary nitrogens is 1. The van der Waals surface area contributed by atoms with Crippen LogP contribution in [-0.4, -0.2) is 24.2 Å². The van der Waals surface area contributed by atoms with Crippen molar-refractivity contribution in [2.45, 2.75) is 25.2 Å². The number of aromatic hydroxyl groups is 1. The van der Waals surface area contributed by atoms with E-state index in [0.717, 1.165) is 5.56 Å². The van der Waals surface area contributed by atoms with Crippen LogP contribution in [0.25, 0.3) is 11.0 Å². The minimum absolute atomic E-state index is 0.0221. The van der Waals surface area contributed by atoms with Crippen LogP contribution in [0.5, 0.6) is 17.2 Å². The van der Waals surface area contributed by atoms with Crippen LogP contribution in [0.2, 0.25) is 0 Å². The molecule has 4 rings (SSSR count). The molecule has 4 aromatic rings. The lowest BCUT2D eigenvalue weighted by Gasteiger charge is -2.17. The third kappa shape index (κ3) is 5.75. The van der Waals surface area contributed by atoms with Crippen LogP contribution in [0, 0.1) is 0 Å². The molecule has 10 heteroatoms. The Hall–Kier alpha value is -4.31. The molecule has 192 valence electrons. The highest BCUT2D eigenvalue weighted by atomic mass is 19.4. The summed E-state index contributed by atoms with van der Waals surface area (Å²) in [6.45, 7) is -0.172. The van der Waals surface area contributed by atoms with Crippen LogP contribution in [0.4, 0.5) is 13.2 Å². The van der Waals surface area contributed by atoms with Gasteiger partial charge in [-0.25, -0.2) is 4.79 Å². The van der Waals surface area contributed by atoms with Crippen molar-refractivity contribution in [3.05, 3.63) is 99.9 Å². The Morgan fingerprint density at radius 2 is 1.68 bits per heavy atom. The van der Waals surface area contributed by atoms with Gasteiger partial charge in [0.2, 0.25) is 11.2 Å². The predicted octanol–water partition coefficient (Wildman–Crippen LogP) is 4.16. The van der Waals surface area contributed by atoms with E-state index in [-0.39, 0.29) is 35.4 Å². The zero-order chi connectivity index (χ0) is 26.6. The summed E-state index contributed by atoms with van der Waals surface area (Å²) in [4.78, 5) is 25.5. The molecule has 0 fully saturated rings. The Morgan fingerprint density at radius 1 is 1.03 bits per heavy atom. The van der Waals surface area contributed by atoms with Gasteiger partial charge >= 0.3 is 12.1 Å². The summed E-state index contributed by atoms with van der Waals surface area (Å²) in [5.74, 6) is -3.56. The molecule has 37 heavy (non-hydrogen) atoms. The van der Waals surface area contributed by atoms with Crippen LogP contribution < -0.4 is 15.5 Å². The highest BCUT2D eigenvalue weighted by Crippen LogP contribution is 2.39. The van der Waals surface area contributed by atoms with Crippen LogP contribution in [0.3, 0.4) is 0 Å². The number of ether oxygens (including phenoxy) is 2. The maximum atomic E-state index is 14.0. The van der Waals surface area contributed by atoms with Gasteiger partial charge in [0.05, 0.1) is 18.1 Å². The third-order valence-corrected chi connectivity index (χ3v) is 5.73. The molecular formula is C27H23F3NO6+. The Labute approximate surface area is 209 Å². The molecule has 0 amide bonds. The molecule has 0 bridgehead atoms. The number of rotatable bonds is 8. The molecule has 0 aliphatic heterocycles. The minimum Gasteiger partial charge on any atom is -0.507 e. The third-order valence-electron chi connectivity index (χ3n) is 5.73. The highest BCUT2D eigenvalue weighted by Gasteiger charge is 2.41. The Morgan fingerprint density at radius 3 is 2.30 bits per heavy atom. The van der Waals surface area contributed by atoms with Gasteiger partial charge in [-0.1, -0.05) is 48.5 Å². The number of benzene rings is 3. The fourth-order valence-electron chi connectivity index (χ4n) is 3.91. The first-order valence-corrected chi connectivity index (χ1v) is 11.3. The summed E-state index contributed by atoms with van der Waals surface area (Å²) < 4.78 is 57.3. The van der Waals surface area contributed by atoms with Crippen molar-refractivity contribution in [1.82, 2.24) is 0 Å². The van der Waals surface area contributed by atoms with Gasteiger partial charge in [-0.2, -0.15) is 13.2 Å². The number of halogens is 3. The normalized spacial score (nSPS) is 12.3. The zero-order valence-corrected chi connectivity index (χ0v) is 19.6. The molecule has 3 aromatic carbocycles. The number of para-hydroxylation sites is 1. The molecule has 0 unspecified atom stereocenters. The molecule has 1 heterocycles. The zero-order valence-electron chi connectivity index (χ0n) is 19.6. The first-order valence-electron chi connectivity index (χ1n) is 11.3. The molecule has 0 saturated carbocycles. The number of carbonyl (C=O) groups is 1. The van der Waals surface area contributed by atoms with Gasteiger partial charge in [0.25, 0.3) is 5.76 Å². The molecule has 3 N–H and O–H groups in total. The summed E-state index contributed by atoms with van der Waals surface area (Å²) in [5.41, 5.74) is -0.733. The first kappa shape index (κ1) is 25.8. The lowest BCUT2D eigenvalue weighted by molar-refractivity contribution is -0.693. The van der Waals surface area contributed by atoms with Crippen LogP contribution >= 0.6 is 0 Å². The fraction of sp³-hybridized carbons (Fsp3) is 0.185. The van der Waals surface area contributed by atoms with Crippen molar-refractivity contribution in [1.29, 1.82) is 0 Å². The number of alkyl halides is 3. The maximum Gasteiger partial charge on any atom is 0.453 e. The SMILES string of the molecule is COC(=O)[C@@H](Cc1ccccc1)[NH2+]Cc1c(O)ccc2c(=O)c(Oc3ccccc3)c(C(F)(F)F)oc12. The lowest BCUT2D eigenvalue weighted by atomic mass is 10.0. The monoisotopic (exact) mass is 514 g/mol. The van der Waals surface area contributed by atoms with Crippen molar-refractivity contribution in [3.8, 4) is 17.2 Å². The summed E-state index contributed by atoms with van der Waals surface area (Å²) in [6.07, 6.45) is -4.79. The van der Waals surface area contributed by atoms with Gasteiger partial charge in [0.15, 0.2) is 11.6 Å². The van der Waals surface area contributed by atoms with Crippen molar-refractivity contribution >= 4 is 16.9 Å². The standard InChI is InChI=1S/C27H22F3NO6/c1-35-26(34)20(14-16-8-4-2-5-9-16)31-15-19-21(32)13-12-18-22(33)24(36-17-10-6-3-7-11-17)25(27(28,29)30)37-23(18)19/h2-13,20,31-32H,14-15H2,1H3/p+1/t20-/m1/s1. The smallest absolute Gasteiger partial charge is 0.453 e. The van der Waals surface area contributed by atoms with Gasteiger partial charge in [-0.05, 0) is 29.8 Å². The summed E-state index contributed by atoms with van der Waals surface area (Å²) in [7, 11) is 1.23. The van der Waals surface area contributed by atoms with E-state index < -0.39 is 40.7 Å². The number of phenolic OH excluding ortho intramolecular Hbond substituents is 1. The van der Waals surface area contributed by atoms with Gasteiger partial charge in [0, 0.05) is 6.42 Å². The molecular weight excluding hydrogens is 491 g/mol. The van der Waals surface area contributed by atoms with Crippen LogP contribution in [0.15, 0.2) is 82.0 Å². The molecule has 7 nitrogen and oxygen atoms in total. The van der Waals surface area contributed by atoms with Gasteiger partial charge < -0.3 is 24.3 Å². The average molecular weight is 514 g/mol. The van der Waals surface area contributed by atoms with E-state index in [1.165, 1.54) is 36.7 Å². The molecule has 0 aliphatic carbocycles. The Kier molecular flexibility index (Phi) is 7.49. The number of hydrogen-bond donors (Lipinski definition) is 2. The molecule has 0 radical (unpaired) electrons. The Balaban J connectivity index is 1.76. The van der Waals surface area contributed by atoms with Crippen LogP contribution in [-0.2, 0) is 28.7 Å². The number of hydrogen-bond acceptors (Lipinski definition) is 6. The van der Waals surface area contributed by atoms with Gasteiger partial charge in [-0.3, -0.25) is 4.79 Å². The van der Waals surface area contributed by atoms with Crippen molar-refractivity contribution < 1.29 is 42.3 Å². The molecule has 0 aliphatic rings. The van der Waals surface area contributed by atoms with Crippen molar-refractivity contribution in [2.24, 2.45) is 0 Å². The Bertz CT molecular complexity index is 1450. The summed E-state index contributed by atoms with van der Waals surface area (Å²) in [5, 5.41) is 11.8. The molecule has 0 spiro atoms. The molecule has 1 aromatic heterocycles. The maximum absolute atomic E-state index is 14.0. The summed E-state index contributed by atoms with van der Waals surface area (Å²) in [6, 6.07) is 18.2. The number of esters is 1. The number of fused-ring (bicyclic) bond motifs is 1. The number of carbonyl (C=O) groups excluding carboxylic acids is 1. The molecule has 0 saturated heterocycles. The topological polar surface area (TPSA) is 103 Å². The second kappa shape index (κ2) is 10.8. The molecule has 1 atom stereocenters. The fourth-order valence-corrected chi connectivity index (χ4v) is 3.91. The summed E-state index contributed by atoms with van der Waals surface area (Å²) >= 11 is 0. The number of methoxy groups -OCH3 is 1. The van der Waals surface area contributed by atoms with E-state index in [2.05, 4.69) is 0 Å². The van der Waals surface area contributed by atoms with Gasteiger partial charge in [0.1, 0.15) is 18.0 Å². The van der Waals surface area contributed by atoms with E-state index >= 15 is 0 Å². The minimum atomic E-state index is -5.06. The second-order valence-corrected chi connectivity index (χ2v) is 8.20. The quantitative estimate of drug-likeness (QED) is 0.343. The van der Waals surface area contributed by atoms with E-state index in [1.807, 2.05) is 30.3 Å². The van der Waals surface area contributed by atoms with E-state index in [0.29, 0.717) is 0 Å². The predicted molar refractivity (Wildman–Crippen MR) is 127 cm³/mol. The highest BCUT2D eigenvalue weighted by molar-refractivity contribution is 5.83. The van der Waals surface area contributed by atoms with E-state index in [4.69, 9.17) is 13.9 Å². The number of nitrogens with two attached hydrogens (primary N) is 1. The average Bonchev–Trinajstić information content (AvgIpc) is 2.88. The van der Waals surface area contributed by atoms with Crippen molar-refractivity contribution in [2.75, 3.05) is 7.11 Å².